The van der Waals surface area contributed by atoms with Crippen LogP contribution in [0.15, 0.2) is 60.8 Å². The van der Waals surface area contributed by atoms with Crippen LogP contribution in [0, 0.1) is 0 Å². The minimum Gasteiger partial charge on any atom is -0.495 e. The van der Waals surface area contributed by atoms with Gasteiger partial charge >= 0.3 is 6.03 Å². The zero-order chi connectivity index (χ0) is 29.4. The molecule has 9 heteroatoms. The fourth-order valence-electron chi connectivity index (χ4n) is 6.20. The number of anilines is 1. The maximum atomic E-state index is 13.2. The molecular weight excluding hydrogens is 528 g/mol. The number of nitrogens with zero attached hydrogens (tertiary/aromatic N) is 4. The highest BCUT2D eigenvalue weighted by Gasteiger charge is 2.31. The van der Waals surface area contributed by atoms with Gasteiger partial charge in [-0.15, -0.1) is 10.2 Å². The molecule has 0 unspecified atom stereocenters. The second-order valence-electron chi connectivity index (χ2n) is 12.4. The molecule has 3 heterocycles. The first kappa shape index (κ1) is 28.0. The summed E-state index contributed by atoms with van der Waals surface area (Å²) in [4.78, 5) is 15.6. The molecule has 2 aromatic heterocycles. The van der Waals surface area contributed by atoms with Crippen LogP contribution in [-0.4, -0.2) is 46.2 Å². The average Bonchev–Trinajstić information content (AvgIpc) is 3.59. The summed E-state index contributed by atoms with van der Waals surface area (Å²) in [7, 11) is 3.75. The van der Waals surface area contributed by atoms with Gasteiger partial charge < -0.3 is 20.1 Å². The number of ether oxygens (including phenoxy) is 2. The van der Waals surface area contributed by atoms with E-state index in [-0.39, 0.29) is 29.6 Å². The summed E-state index contributed by atoms with van der Waals surface area (Å²) in [5.74, 6) is 2.36. The minimum atomic E-state index is -0.263. The van der Waals surface area contributed by atoms with E-state index in [1.807, 2.05) is 48.7 Å². The summed E-state index contributed by atoms with van der Waals surface area (Å²) < 4.78 is 14.2. The molecule has 0 spiro atoms. The predicted octanol–water partition coefficient (Wildman–Crippen LogP) is 6.58. The average molecular weight is 569 g/mol. The Balaban J connectivity index is 1.19. The van der Waals surface area contributed by atoms with E-state index < -0.39 is 0 Å². The summed E-state index contributed by atoms with van der Waals surface area (Å²) in [6.07, 6.45) is 5.64. The van der Waals surface area contributed by atoms with Crippen molar-refractivity contribution >= 4 is 17.4 Å². The molecule has 6 rings (SSSR count). The molecule has 1 aliphatic carbocycles. The van der Waals surface area contributed by atoms with Crippen LogP contribution >= 0.6 is 0 Å². The molecule has 1 aliphatic heterocycles. The first-order valence-electron chi connectivity index (χ1n) is 14.8. The van der Waals surface area contributed by atoms with Crippen LogP contribution in [0.3, 0.4) is 0 Å². The Hall–Kier alpha value is -4.11. The van der Waals surface area contributed by atoms with Crippen molar-refractivity contribution in [1.82, 2.24) is 24.8 Å². The Kier molecular flexibility index (Phi) is 7.53. The van der Waals surface area contributed by atoms with Gasteiger partial charge in [0.25, 0.3) is 0 Å². The molecule has 42 heavy (non-hydrogen) atoms. The lowest BCUT2D eigenvalue weighted by atomic mass is 9.85. The number of urea groups is 1. The number of benzene rings is 2. The van der Waals surface area contributed by atoms with Crippen LogP contribution in [0.25, 0.3) is 5.65 Å². The van der Waals surface area contributed by atoms with E-state index in [0.29, 0.717) is 11.4 Å². The van der Waals surface area contributed by atoms with E-state index >= 15 is 0 Å². The van der Waals surface area contributed by atoms with Gasteiger partial charge in [0.1, 0.15) is 17.6 Å². The van der Waals surface area contributed by atoms with Gasteiger partial charge in [-0.25, -0.2) is 4.79 Å². The lowest BCUT2D eigenvalue weighted by molar-refractivity contribution is 0.171. The van der Waals surface area contributed by atoms with Crippen molar-refractivity contribution in [3.05, 3.63) is 83.3 Å². The van der Waals surface area contributed by atoms with Crippen LogP contribution in [0.1, 0.15) is 87.2 Å². The Bertz CT molecular complexity index is 1590. The standard InChI is InChI=1S/C33H40N6O3/c1-33(2,3)21-12-15-29(41-5)26(19-21)35-32(40)34-25-14-16-28(24-10-7-6-9-23(24)25)42-22-13-17-30-36-37-31(39(30)20-22)27-11-8-18-38(27)4/h6-7,9-10,12-13,15,17,19-20,25,27-28H,8,11,14,16,18H2,1-5H3,(H2,34,35,40)/t25-,27-,28+/m0/s1. The molecule has 9 nitrogen and oxygen atoms in total. The third-order valence-electron chi connectivity index (χ3n) is 8.55. The van der Waals surface area contributed by atoms with Crippen LogP contribution in [0.4, 0.5) is 10.5 Å². The van der Waals surface area contributed by atoms with Crippen molar-refractivity contribution < 1.29 is 14.3 Å². The molecule has 2 aromatic carbocycles. The number of carbonyl (C=O) groups excluding carboxylic acids is 1. The number of fused-ring (bicyclic) bond motifs is 2. The van der Waals surface area contributed by atoms with E-state index in [1.54, 1.807) is 7.11 Å². The number of carbonyl (C=O) groups is 1. The Morgan fingerprint density at radius 1 is 1.00 bits per heavy atom. The van der Waals surface area contributed by atoms with Gasteiger partial charge in [0.15, 0.2) is 11.5 Å². The molecule has 0 saturated carbocycles. The van der Waals surface area contributed by atoms with Crippen LogP contribution in [0.2, 0.25) is 0 Å². The molecular formula is C33H40N6O3. The topological polar surface area (TPSA) is 93.0 Å². The summed E-state index contributed by atoms with van der Waals surface area (Å²) in [5, 5.41) is 15.1. The zero-order valence-electron chi connectivity index (χ0n) is 25.1. The molecule has 0 radical (unpaired) electrons. The van der Waals surface area contributed by atoms with Gasteiger partial charge in [-0.05, 0) is 85.6 Å². The minimum absolute atomic E-state index is 0.0518. The van der Waals surface area contributed by atoms with Crippen LogP contribution in [0.5, 0.6) is 11.5 Å². The third kappa shape index (κ3) is 5.53. The van der Waals surface area contributed by atoms with Gasteiger partial charge in [0.05, 0.1) is 31.1 Å². The molecule has 220 valence electrons. The summed E-state index contributed by atoms with van der Waals surface area (Å²) >= 11 is 0. The van der Waals surface area contributed by atoms with Gasteiger partial charge in [0.2, 0.25) is 0 Å². The summed E-state index contributed by atoms with van der Waals surface area (Å²) in [6, 6.07) is 17.9. The molecule has 1 fully saturated rings. The Labute approximate surface area is 247 Å². The summed E-state index contributed by atoms with van der Waals surface area (Å²) in [5.41, 5.74) is 4.69. The molecule has 2 aliphatic rings. The van der Waals surface area contributed by atoms with E-state index in [4.69, 9.17) is 9.47 Å². The van der Waals surface area contributed by atoms with Crippen molar-refractivity contribution in [3.8, 4) is 11.5 Å². The molecule has 3 atom stereocenters. The zero-order valence-corrected chi connectivity index (χ0v) is 25.1. The monoisotopic (exact) mass is 568 g/mol. The number of pyridine rings is 1. The quantitative estimate of drug-likeness (QED) is 0.273. The smallest absolute Gasteiger partial charge is 0.319 e. The molecule has 4 aromatic rings. The van der Waals surface area contributed by atoms with Gasteiger partial charge in [0, 0.05) is 0 Å². The van der Waals surface area contributed by atoms with Gasteiger partial charge in [-0.3, -0.25) is 9.30 Å². The van der Waals surface area contributed by atoms with Crippen molar-refractivity contribution in [3.63, 3.8) is 0 Å². The highest BCUT2D eigenvalue weighted by Crippen LogP contribution is 2.39. The first-order valence-corrected chi connectivity index (χ1v) is 14.8. The Morgan fingerprint density at radius 3 is 2.55 bits per heavy atom. The van der Waals surface area contributed by atoms with Crippen molar-refractivity contribution in [2.24, 2.45) is 0 Å². The molecule has 1 saturated heterocycles. The van der Waals surface area contributed by atoms with E-state index in [9.17, 15) is 4.79 Å². The van der Waals surface area contributed by atoms with E-state index in [2.05, 4.69) is 70.1 Å². The fourth-order valence-corrected chi connectivity index (χ4v) is 6.20. The number of likely N-dealkylation sites (tertiary alicyclic amines) is 1. The van der Waals surface area contributed by atoms with Crippen LogP contribution < -0.4 is 20.1 Å². The first-order chi connectivity index (χ1) is 20.2. The largest absolute Gasteiger partial charge is 0.495 e. The molecule has 2 amide bonds. The number of amides is 2. The number of methoxy groups -OCH3 is 1. The summed E-state index contributed by atoms with van der Waals surface area (Å²) in [6.45, 7) is 7.51. The number of hydrogen-bond donors (Lipinski definition) is 2. The van der Waals surface area contributed by atoms with Crippen molar-refractivity contribution in [2.75, 3.05) is 26.0 Å². The van der Waals surface area contributed by atoms with Gasteiger partial charge in [-0.2, -0.15) is 0 Å². The highest BCUT2D eigenvalue weighted by molar-refractivity contribution is 5.91. The lowest BCUT2D eigenvalue weighted by Gasteiger charge is -2.32. The van der Waals surface area contributed by atoms with E-state index in [0.717, 1.165) is 66.1 Å². The second kappa shape index (κ2) is 11.3. The van der Waals surface area contributed by atoms with Crippen molar-refractivity contribution in [1.29, 1.82) is 0 Å². The molecule has 0 bridgehead atoms. The Morgan fingerprint density at radius 2 is 1.81 bits per heavy atom. The fraction of sp³-hybridized carbons (Fsp3) is 0.424. The third-order valence-corrected chi connectivity index (χ3v) is 8.55. The SMILES string of the molecule is COc1ccc(C(C)(C)C)cc1NC(=O)N[C@H]1CC[C@@H](Oc2ccc3nnc([C@@H]4CCCN4C)n3c2)c2ccccc21. The van der Waals surface area contributed by atoms with E-state index in [1.165, 1.54) is 0 Å². The number of aromatic nitrogens is 3. The number of nitrogens with one attached hydrogen (secondary N) is 2. The maximum absolute atomic E-state index is 13.2. The lowest BCUT2D eigenvalue weighted by Crippen LogP contribution is -2.35. The van der Waals surface area contributed by atoms with Crippen LogP contribution in [-0.2, 0) is 5.41 Å². The number of rotatable bonds is 6. The highest BCUT2D eigenvalue weighted by atomic mass is 16.5. The maximum Gasteiger partial charge on any atom is 0.319 e. The number of hydrogen-bond acceptors (Lipinski definition) is 6. The van der Waals surface area contributed by atoms with Crippen molar-refractivity contribution in [2.45, 2.75) is 70.1 Å². The molecule has 2 N–H and O–H groups in total. The predicted molar refractivity (Wildman–Crippen MR) is 163 cm³/mol. The second-order valence-corrected chi connectivity index (χ2v) is 12.4. The normalized spacial score (nSPS) is 20.7. The van der Waals surface area contributed by atoms with Gasteiger partial charge in [-0.1, -0.05) is 51.1 Å².